The van der Waals surface area contributed by atoms with Crippen molar-refractivity contribution in [3.05, 3.63) is 24.3 Å². The van der Waals surface area contributed by atoms with Crippen molar-refractivity contribution < 1.29 is 4.74 Å². The fourth-order valence-corrected chi connectivity index (χ4v) is 2.81. The zero-order chi connectivity index (χ0) is 10.8. The Morgan fingerprint density at radius 2 is 2.00 bits per heavy atom. The molecule has 1 aromatic heterocycles. The van der Waals surface area contributed by atoms with E-state index in [-0.39, 0.29) is 5.60 Å². The van der Waals surface area contributed by atoms with Crippen LogP contribution in [0.2, 0.25) is 0 Å². The van der Waals surface area contributed by atoms with Crippen LogP contribution in [0.1, 0.15) is 30.7 Å². The smallest absolute Gasteiger partial charge is 0.115 e. The number of ether oxygens (including phenoxy) is 1. The normalized spacial score (nSPS) is 28.4. The number of rotatable bonds is 1. The molecule has 1 aromatic rings. The van der Waals surface area contributed by atoms with Crippen LogP contribution in [0.5, 0.6) is 0 Å². The number of aromatic nitrogens is 2. The SMILES string of the molecule is c1ncc(C2COC3(CCNCC3)C2)cn1. The maximum atomic E-state index is 6.05. The molecule has 0 saturated carbocycles. The van der Waals surface area contributed by atoms with Crippen molar-refractivity contribution in [3.8, 4) is 0 Å². The van der Waals surface area contributed by atoms with Crippen molar-refractivity contribution >= 4 is 0 Å². The minimum atomic E-state index is 0.131. The first kappa shape index (κ1) is 10.2. The minimum Gasteiger partial charge on any atom is -0.374 e. The van der Waals surface area contributed by atoms with Crippen LogP contribution in [0.25, 0.3) is 0 Å². The topological polar surface area (TPSA) is 47.0 Å². The summed E-state index contributed by atoms with van der Waals surface area (Å²) < 4.78 is 6.05. The zero-order valence-electron chi connectivity index (χ0n) is 9.35. The highest BCUT2D eigenvalue weighted by atomic mass is 16.5. The first-order chi connectivity index (χ1) is 7.88. The first-order valence-corrected chi connectivity index (χ1v) is 5.98. The molecule has 4 heteroatoms. The van der Waals surface area contributed by atoms with Crippen LogP contribution < -0.4 is 5.32 Å². The van der Waals surface area contributed by atoms with Crippen molar-refractivity contribution in [2.75, 3.05) is 19.7 Å². The van der Waals surface area contributed by atoms with E-state index < -0.39 is 0 Å². The molecule has 3 heterocycles. The van der Waals surface area contributed by atoms with Crippen LogP contribution in [0.4, 0.5) is 0 Å². The second-order valence-electron chi connectivity index (χ2n) is 4.82. The lowest BCUT2D eigenvalue weighted by Crippen LogP contribution is -2.41. The molecule has 0 bridgehead atoms. The lowest BCUT2D eigenvalue weighted by molar-refractivity contribution is -0.0193. The van der Waals surface area contributed by atoms with Gasteiger partial charge in [-0.2, -0.15) is 0 Å². The molecule has 0 amide bonds. The Kier molecular flexibility index (Phi) is 2.61. The van der Waals surface area contributed by atoms with Gasteiger partial charge in [-0.1, -0.05) is 0 Å². The van der Waals surface area contributed by atoms with Crippen LogP contribution >= 0.6 is 0 Å². The van der Waals surface area contributed by atoms with Crippen LogP contribution in [-0.2, 0) is 4.74 Å². The minimum absolute atomic E-state index is 0.131. The van der Waals surface area contributed by atoms with E-state index in [9.17, 15) is 0 Å². The van der Waals surface area contributed by atoms with Gasteiger partial charge in [0.1, 0.15) is 6.33 Å². The van der Waals surface area contributed by atoms with Gasteiger partial charge >= 0.3 is 0 Å². The summed E-state index contributed by atoms with van der Waals surface area (Å²) in [5.41, 5.74) is 1.35. The lowest BCUT2D eigenvalue weighted by Gasteiger charge is -2.33. The van der Waals surface area contributed by atoms with Gasteiger partial charge < -0.3 is 10.1 Å². The van der Waals surface area contributed by atoms with Crippen molar-refractivity contribution in [1.82, 2.24) is 15.3 Å². The number of hydrogen-bond donors (Lipinski definition) is 1. The van der Waals surface area contributed by atoms with Gasteiger partial charge in [0.25, 0.3) is 0 Å². The van der Waals surface area contributed by atoms with Crippen molar-refractivity contribution in [2.45, 2.75) is 30.8 Å². The average molecular weight is 219 g/mol. The van der Waals surface area contributed by atoms with Gasteiger partial charge in [0, 0.05) is 18.3 Å². The van der Waals surface area contributed by atoms with Crippen LogP contribution in [0, 0.1) is 0 Å². The molecule has 1 spiro atoms. The third-order valence-electron chi connectivity index (χ3n) is 3.78. The Balaban J connectivity index is 1.73. The Morgan fingerprint density at radius 3 is 2.75 bits per heavy atom. The average Bonchev–Trinajstić information content (AvgIpc) is 2.75. The van der Waals surface area contributed by atoms with Gasteiger partial charge in [-0.25, -0.2) is 9.97 Å². The summed E-state index contributed by atoms with van der Waals surface area (Å²) in [4.78, 5) is 8.17. The predicted octanol–water partition coefficient (Wildman–Crippen LogP) is 1.10. The summed E-state index contributed by atoms with van der Waals surface area (Å²) in [6, 6.07) is 0. The first-order valence-electron chi connectivity index (χ1n) is 5.98. The van der Waals surface area contributed by atoms with Gasteiger partial charge in [-0.15, -0.1) is 0 Å². The van der Waals surface area contributed by atoms with Crippen molar-refractivity contribution in [1.29, 1.82) is 0 Å². The number of piperidine rings is 1. The molecule has 3 rings (SSSR count). The molecule has 16 heavy (non-hydrogen) atoms. The molecular formula is C12H17N3O. The molecule has 1 unspecified atom stereocenters. The van der Waals surface area contributed by atoms with Gasteiger partial charge in [-0.05, 0) is 37.9 Å². The molecule has 86 valence electrons. The highest BCUT2D eigenvalue weighted by Gasteiger charge is 2.41. The second kappa shape index (κ2) is 4.11. The zero-order valence-corrected chi connectivity index (χ0v) is 9.35. The van der Waals surface area contributed by atoms with Crippen LogP contribution in [-0.4, -0.2) is 35.3 Å². The molecule has 2 aliphatic heterocycles. The Bertz CT molecular complexity index is 349. The van der Waals surface area contributed by atoms with E-state index >= 15 is 0 Å². The Hall–Kier alpha value is -1.00. The Labute approximate surface area is 95.4 Å². The van der Waals surface area contributed by atoms with E-state index in [4.69, 9.17) is 4.74 Å². The fourth-order valence-electron chi connectivity index (χ4n) is 2.81. The Morgan fingerprint density at radius 1 is 1.25 bits per heavy atom. The summed E-state index contributed by atoms with van der Waals surface area (Å²) in [7, 11) is 0. The van der Waals surface area contributed by atoms with Gasteiger partial charge in [0.2, 0.25) is 0 Å². The predicted molar refractivity (Wildman–Crippen MR) is 60.2 cm³/mol. The molecule has 1 N–H and O–H groups in total. The highest BCUT2D eigenvalue weighted by Crippen LogP contribution is 2.41. The van der Waals surface area contributed by atoms with E-state index in [1.165, 1.54) is 5.56 Å². The molecule has 0 aliphatic carbocycles. The molecule has 4 nitrogen and oxygen atoms in total. The summed E-state index contributed by atoms with van der Waals surface area (Å²) in [5, 5.41) is 3.39. The molecule has 2 saturated heterocycles. The van der Waals surface area contributed by atoms with Crippen molar-refractivity contribution in [2.24, 2.45) is 0 Å². The quantitative estimate of drug-likeness (QED) is 0.768. The summed E-state index contributed by atoms with van der Waals surface area (Å²) in [6.07, 6.45) is 8.82. The summed E-state index contributed by atoms with van der Waals surface area (Å²) >= 11 is 0. The lowest BCUT2D eigenvalue weighted by atomic mass is 9.84. The molecule has 0 radical (unpaired) electrons. The maximum absolute atomic E-state index is 6.05. The summed E-state index contributed by atoms with van der Waals surface area (Å²) in [5.74, 6) is 0.485. The van der Waals surface area contributed by atoms with E-state index in [2.05, 4.69) is 15.3 Å². The molecule has 2 fully saturated rings. The fraction of sp³-hybridized carbons (Fsp3) is 0.667. The molecule has 1 atom stereocenters. The van der Waals surface area contributed by atoms with E-state index in [0.29, 0.717) is 5.92 Å². The monoisotopic (exact) mass is 219 g/mol. The van der Waals surface area contributed by atoms with Gasteiger partial charge in [-0.3, -0.25) is 0 Å². The van der Waals surface area contributed by atoms with E-state index in [1.807, 2.05) is 12.4 Å². The third kappa shape index (κ3) is 1.83. The van der Waals surface area contributed by atoms with Crippen LogP contribution in [0.3, 0.4) is 0 Å². The number of nitrogens with zero attached hydrogens (tertiary/aromatic N) is 2. The standard InChI is InChI=1S/C12H17N3O/c1-3-13-4-2-12(1)5-10(8-16-12)11-6-14-9-15-7-11/h6-7,9-10,13H,1-5,8H2. The molecule has 0 aromatic carbocycles. The maximum Gasteiger partial charge on any atom is 0.115 e. The van der Waals surface area contributed by atoms with E-state index in [0.717, 1.165) is 39.0 Å². The van der Waals surface area contributed by atoms with Crippen molar-refractivity contribution in [3.63, 3.8) is 0 Å². The van der Waals surface area contributed by atoms with E-state index in [1.54, 1.807) is 6.33 Å². The number of hydrogen-bond acceptors (Lipinski definition) is 4. The highest BCUT2D eigenvalue weighted by molar-refractivity contribution is 5.14. The largest absolute Gasteiger partial charge is 0.374 e. The number of nitrogens with one attached hydrogen (secondary N) is 1. The molecule has 2 aliphatic rings. The van der Waals surface area contributed by atoms with Gasteiger partial charge in [0.15, 0.2) is 0 Å². The van der Waals surface area contributed by atoms with Gasteiger partial charge in [0.05, 0.1) is 12.2 Å². The third-order valence-corrected chi connectivity index (χ3v) is 3.78. The van der Waals surface area contributed by atoms with Crippen LogP contribution in [0.15, 0.2) is 18.7 Å². The second-order valence-corrected chi connectivity index (χ2v) is 4.82. The molecular weight excluding hydrogens is 202 g/mol. The summed E-state index contributed by atoms with van der Waals surface area (Å²) in [6.45, 7) is 2.99.